The van der Waals surface area contributed by atoms with Crippen molar-refractivity contribution < 1.29 is 4.79 Å². The Kier molecular flexibility index (Phi) is 6.46. The Labute approximate surface area is 164 Å². The number of anilines is 1. The monoisotopic (exact) mass is 380 g/mol. The van der Waals surface area contributed by atoms with Crippen molar-refractivity contribution in [2.75, 3.05) is 5.32 Å². The molecule has 0 fully saturated rings. The van der Waals surface area contributed by atoms with Crippen LogP contribution in [0.2, 0.25) is 0 Å². The van der Waals surface area contributed by atoms with Crippen LogP contribution in [-0.4, -0.2) is 21.1 Å². The second-order valence-corrected chi connectivity index (χ2v) is 8.22. The van der Waals surface area contributed by atoms with Crippen LogP contribution < -0.4 is 5.32 Å². The molecular weight excluding hydrogens is 356 g/mol. The third kappa shape index (κ3) is 5.08. The number of aromatic nitrogens is 2. The largest absolute Gasteiger partial charge is 0.310 e. The SMILES string of the molecule is Cc1cccc(NC(=O)C(C)Sc2nc3c(cc2C#N)CCCCCC3)n1. The third-order valence-corrected chi connectivity index (χ3v) is 5.79. The van der Waals surface area contributed by atoms with Crippen molar-refractivity contribution in [2.24, 2.45) is 0 Å². The van der Waals surface area contributed by atoms with E-state index in [1.807, 2.05) is 32.0 Å². The number of hydrogen-bond acceptors (Lipinski definition) is 5. The molecule has 0 bridgehead atoms. The Hall–Kier alpha value is -2.39. The molecule has 0 radical (unpaired) electrons. The summed E-state index contributed by atoms with van der Waals surface area (Å²) in [4.78, 5) is 21.6. The summed E-state index contributed by atoms with van der Waals surface area (Å²) in [6, 6.07) is 9.75. The second kappa shape index (κ2) is 9.01. The Balaban J connectivity index is 1.76. The molecule has 0 aromatic carbocycles. The molecule has 2 heterocycles. The van der Waals surface area contributed by atoms with Gasteiger partial charge in [-0.1, -0.05) is 30.7 Å². The van der Waals surface area contributed by atoms with Crippen LogP contribution in [0, 0.1) is 18.3 Å². The molecule has 3 rings (SSSR count). The number of amides is 1. The zero-order valence-corrected chi connectivity index (χ0v) is 16.6. The van der Waals surface area contributed by atoms with Gasteiger partial charge in [0.05, 0.1) is 10.8 Å². The number of carbonyl (C=O) groups is 1. The molecule has 6 heteroatoms. The minimum atomic E-state index is -0.376. The number of nitrogens with one attached hydrogen (secondary N) is 1. The van der Waals surface area contributed by atoms with Gasteiger partial charge in [-0.15, -0.1) is 0 Å². The van der Waals surface area contributed by atoms with E-state index < -0.39 is 0 Å². The lowest BCUT2D eigenvalue weighted by atomic mass is 9.96. The first-order valence-corrected chi connectivity index (χ1v) is 10.3. The first kappa shape index (κ1) is 19.4. The number of rotatable bonds is 4. The molecule has 1 aliphatic carbocycles. The van der Waals surface area contributed by atoms with E-state index in [4.69, 9.17) is 4.98 Å². The summed E-state index contributed by atoms with van der Waals surface area (Å²) in [6.07, 6.45) is 6.67. The van der Waals surface area contributed by atoms with E-state index in [9.17, 15) is 10.1 Å². The van der Waals surface area contributed by atoms with Gasteiger partial charge in [0.1, 0.15) is 16.9 Å². The van der Waals surface area contributed by atoms with Crippen LogP contribution in [0.3, 0.4) is 0 Å². The lowest BCUT2D eigenvalue weighted by molar-refractivity contribution is -0.115. The highest BCUT2D eigenvalue weighted by atomic mass is 32.2. The van der Waals surface area contributed by atoms with Crippen molar-refractivity contribution in [3.05, 3.63) is 46.8 Å². The predicted molar refractivity (Wildman–Crippen MR) is 108 cm³/mol. The van der Waals surface area contributed by atoms with Gasteiger partial charge in [0.25, 0.3) is 0 Å². The number of fused-ring (bicyclic) bond motifs is 1. The summed E-state index contributed by atoms with van der Waals surface area (Å²) in [7, 11) is 0. The number of thioether (sulfide) groups is 1. The average molecular weight is 381 g/mol. The maximum Gasteiger partial charge on any atom is 0.238 e. The van der Waals surface area contributed by atoms with Crippen molar-refractivity contribution in [2.45, 2.75) is 62.6 Å². The van der Waals surface area contributed by atoms with Crippen LogP contribution in [0.1, 0.15) is 55.1 Å². The first-order valence-electron chi connectivity index (χ1n) is 9.41. The highest BCUT2D eigenvalue weighted by molar-refractivity contribution is 8.00. The molecule has 0 saturated carbocycles. The quantitative estimate of drug-likeness (QED) is 0.794. The molecule has 0 aliphatic heterocycles. The van der Waals surface area contributed by atoms with Crippen LogP contribution in [-0.2, 0) is 17.6 Å². The number of nitriles is 1. The fourth-order valence-corrected chi connectivity index (χ4v) is 4.09. The Morgan fingerprint density at radius 3 is 2.74 bits per heavy atom. The molecular formula is C21H24N4OS. The number of aryl methyl sites for hydroxylation is 3. The normalized spacial score (nSPS) is 15.0. The summed E-state index contributed by atoms with van der Waals surface area (Å²) >= 11 is 1.34. The minimum Gasteiger partial charge on any atom is -0.310 e. The Bertz CT molecular complexity index is 875. The number of pyridine rings is 2. The molecule has 0 spiro atoms. The topological polar surface area (TPSA) is 78.7 Å². The van der Waals surface area contributed by atoms with Crippen molar-refractivity contribution in [3.63, 3.8) is 0 Å². The van der Waals surface area contributed by atoms with Crippen LogP contribution in [0.25, 0.3) is 0 Å². The van der Waals surface area contributed by atoms with Crippen molar-refractivity contribution in [1.29, 1.82) is 5.26 Å². The number of carbonyl (C=O) groups excluding carboxylic acids is 1. The van der Waals surface area contributed by atoms with Gasteiger partial charge in [0, 0.05) is 11.4 Å². The fourth-order valence-electron chi connectivity index (χ4n) is 3.20. The molecule has 2 aromatic rings. The summed E-state index contributed by atoms with van der Waals surface area (Å²) in [5.41, 5.74) is 3.69. The lowest BCUT2D eigenvalue weighted by Gasteiger charge is -2.17. The molecule has 0 saturated heterocycles. The van der Waals surface area contributed by atoms with Gasteiger partial charge in [-0.3, -0.25) is 4.79 Å². The van der Waals surface area contributed by atoms with Gasteiger partial charge in [-0.2, -0.15) is 5.26 Å². The first-order chi connectivity index (χ1) is 13.1. The average Bonchev–Trinajstić information content (AvgIpc) is 2.62. The van der Waals surface area contributed by atoms with E-state index >= 15 is 0 Å². The number of hydrogen-bond donors (Lipinski definition) is 1. The highest BCUT2D eigenvalue weighted by Crippen LogP contribution is 2.29. The maximum absolute atomic E-state index is 12.5. The molecule has 1 atom stereocenters. The van der Waals surface area contributed by atoms with E-state index in [-0.39, 0.29) is 11.2 Å². The van der Waals surface area contributed by atoms with Crippen molar-refractivity contribution in [3.8, 4) is 6.07 Å². The van der Waals surface area contributed by atoms with Gasteiger partial charge in [0.15, 0.2) is 0 Å². The van der Waals surface area contributed by atoms with Gasteiger partial charge < -0.3 is 5.32 Å². The van der Waals surface area contributed by atoms with Gasteiger partial charge in [-0.05, 0) is 63.3 Å². The molecule has 2 aromatic heterocycles. The Morgan fingerprint density at radius 1 is 1.22 bits per heavy atom. The van der Waals surface area contributed by atoms with Crippen LogP contribution in [0.4, 0.5) is 5.82 Å². The molecule has 5 nitrogen and oxygen atoms in total. The molecule has 27 heavy (non-hydrogen) atoms. The molecule has 1 N–H and O–H groups in total. The maximum atomic E-state index is 12.5. The molecule has 1 aliphatic rings. The Morgan fingerprint density at radius 2 is 2.00 bits per heavy atom. The zero-order chi connectivity index (χ0) is 19.2. The fraction of sp³-hybridized carbons (Fsp3) is 0.429. The molecule has 140 valence electrons. The summed E-state index contributed by atoms with van der Waals surface area (Å²) in [5, 5.41) is 12.7. The molecule has 1 amide bonds. The van der Waals surface area contributed by atoms with Crippen molar-refractivity contribution >= 4 is 23.5 Å². The molecule has 1 unspecified atom stereocenters. The van der Waals surface area contributed by atoms with E-state index in [1.54, 1.807) is 6.07 Å². The summed E-state index contributed by atoms with van der Waals surface area (Å²) < 4.78 is 0. The smallest absolute Gasteiger partial charge is 0.238 e. The second-order valence-electron chi connectivity index (χ2n) is 6.89. The third-order valence-electron chi connectivity index (χ3n) is 4.68. The highest BCUT2D eigenvalue weighted by Gasteiger charge is 2.20. The lowest BCUT2D eigenvalue weighted by Crippen LogP contribution is -2.23. The van der Waals surface area contributed by atoms with E-state index in [0.29, 0.717) is 16.4 Å². The minimum absolute atomic E-state index is 0.143. The summed E-state index contributed by atoms with van der Waals surface area (Å²) in [5.74, 6) is 0.398. The van der Waals surface area contributed by atoms with E-state index in [0.717, 1.165) is 37.1 Å². The van der Waals surface area contributed by atoms with E-state index in [2.05, 4.69) is 16.4 Å². The zero-order valence-electron chi connectivity index (χ0n) is 15.8. The van der Waals surface area contributed by atoms with Gasteiger partial charge >= 0.3 is 0 Å². The van der Waals surface area contributed by atoms with Gasteiger partial charge in [-0.25, -0.2) is 9.97 Å². The van der Waals surface area contributed by atoms with Crippen LogP contribution >= 0.6 is 11.8 Å². The van der Waals surface area contributed by atoms with Gasteiger partial charge in [0.2, 0.25) is 5.91 Å². The van der Waals surface area contributed by atoms with Crippen LogP contribution in [0.5, 0.6) is 0 Å². The standard InChI is InChI=1S/C21H24N4OS/c1-14-8-7-11-19(23-14)25-20(26)15(2)27-21-17(13-22)12-16-9-5-3-4-6-10-18(16)24-21/h7-8,11-12,15H,3-6,9-10H2,1-2H3,(H,23,25,26). The summed E-state index contributed by atoms with van der Waals surface area (Å²) in [6.45, 7) is 3.71. The number of nitrogens with zero attached hydrogens (tertiary/aromatic N) is 3. The van der Waals surface area contributed by atoms with Crippen LogP contribution in [0.15, 0.2) is 29.3 Å². The predicted octanol–water partition coefficient (Wildman–Crippen LogP) is 4.44. The van der Waals surface area contributed by atoms with Crippen molar-refractivity contribution in [1.82, 2.24) is 9.97 Å². The van der Waals surface area contributed by atoms with E-state index in [1.165, 1.54) is 30.2 Å².